The average molecular weight is 304 g/mol. The molecule has 0 saturated heterocycles. The zero-order chi connectivity index (χ0) is 16.7. The fraction of sp³-hybridized carbons (Fsp3) is 0.611. The van der Waals surface area contributed by atoms with Crippen molar-refractivity contribution in [2.24, 2.45) is 10.7 Å². The highest BCUT2D eigenvalue weighted by Gasteiger charge is 2.11. The lowest BCUT2D eigenvalue weighted by Crippen LogP contribution is -2.38. The Morgan fingerprint density at radius 2 is 1.77 bits per heavy atom. The van der Waals surface area contributed by atoms with Crippen LogP contribution in [0.15, 0.2) is 23.2 Å². The van der Waals surface area contributed by atoms with E-state index in [0.717, 1.165) is 25.2 Å². The Morgan fingerprint density at radius 1 is 1.14 bits per heavy atom. The van der Waals surface area contributed by atoms with E-state index in [-0.39, 0.29) is 0 Å². The molecule has 1 rings (SSSR count). The van der Waals surface area contributed by atoms with Crippen LogP contribution in [0.4, 0.5) is 5.69 Å². The van der Waals surface area contributed by atoms with Crippen molar-refractivity contribution >= 4 is 11.6 Å². The van der Waals surface area contributed by atoms with E-state index in [2.05, 4.69) is 68.9 Å². The molecule has 0 heterocycles. The number of aliphatic imine (C=N–C) groups is 1. The van der Waals surface area contributed by atoms with Gasteiger partial charge in [-0.25, -0.2) is 0 Å². The first-order valence-electron chi connectivity index (χ1n) is 8.21. The fourth-order valence-corrected chi connectivity index (χ4v) is 2.57. The Morgan fingerprint density at radius 3 is 2.32 bits per heavy atom. The predicted octanol–water partition coefficient (Wildman–Crippen LogP) is 3.54. The number of benzene rings is 1. The van der Waals surface area contributed by atoms with E-state index in [9.17, 15) is 0 Å². The molecule has 0 aliphatic heterocycles. The molecular formula is C18H32N4. The van der Waals surface area contributed by atoms with Gasteiger partial charge in [-0.15, -0.1) is 0 Å². The number of nitrogens with two attached hydrogens (primary N) is 1. The maximum Gasteiger partial charge on any atom is 0.193 e. The topological polar surface area (TPSA) is 53.6 Å². The van der Waals surface area contributed by atoms with Gasteiger partial charge in [-0.1, -0.05) is 6.07 Å². The minimum absolute atomic E-state index is 0.490. The first-order chi connectivity index (χ1) is 10.3. The molecule has 0 unspecified atom stereocenters. The number of hydrogen-bond donors (Lipinski definition) is 2. The zero-order valence-corrected chi connectivity index (χ0v) is 15.0. The summed E-state index contributed by atoms with van der Waals surface area (Å²) in [5, 5.41) is 3.16. The summed E-state index contributed by atoms with van der Waals surface area (Å²) in [6, 6.07) is 7.35. The van der Waals surface area contributed by atoms with E-state index < -0.39 is 0 Å². The molecule has 4 nitrogen and oxygen atoms in total. The van der Waals surface area contributed by atoms with Gasteiger partial charge in [-0.2, -0.15) is 0 Å². The summed E-state index contributed by atoms with van der Waals surface area (Å²) in [6.45, 7) is 14.9. The Kier molecular flexibility index (Phi) is 7.39. The van der Waals surface area contributed by atoms with Crippen molar-refractivity contribution in [1.29, 1.82) is 0 Å². The lowest BCUT2D eigenvalue weighted by Gasteiger charge is -2.30. The summed E-state index contributed by atoms with van der Waals surface area (Å²) < 4.78 is 0. The van der Waals surface area contributed by atoms with Gasteiger partial charge in [0.15, 0.2) is 5.96 Å². The molecule has 0 atom stereocenters. The highest BCUT2D eigenvalue weighted by atomic mass is 15.2. The quantitative estimate of drug-likeness (QED) is 0.460. The summed E-state index contributed by atoms with van der Waals surface area (Å²) in [5.74, 6) is 0.490. The van der Waals surface area contributed by atoms with Crippen LogP contribution in [0.3, 0.4) is 0 Å². The first-order valence-corrected chi connectivity index (χ1v) is 8.21. The van der Waals surface area contributed by atoms with Gasteiger partial charge in [-0.05, 0) is 71.2 Å². The predicted molar refractivity (Wildman–Crippen MR) is 97.6 cm³/mol. The Labute approximate surface area is 135 Å². The smallest absolute Gasteiger partial charge is 0.193 e. The lowest BCUT2D eigenvalue weighted by atomic mass is 10.1. The molecule has 124 valence electrons. The maximum atomic E-state index is 5.96. The van der Waals surface area contributed by atoms with Crippen molar-refractivity contribution in [2.45, 2.75) is 60.0 Å². The van der Waals surface area contributed by atoms with Crippen molar-refractivity contribution in [3.63, 3.8) is 0 Å². The molecular weight excluding hydrogens is 272 g/mol. The van der Waals surface area contributed by atoms with Crippen LogP contribution >= 0.6 is 0 Å². The largest absolute Gasteiger partial charge is 0.370 e. The lowest BCUT2D eigenvalue weighted by molar-refractivity contribution is 0.174. The van der Waals surface area contributed by atoms with Gasteiger partial charge in [0.2, 0.25) is 0 Å². The Balaban J connectivity index is 2.44. The minimum Gasteiger partial charge on any atom is -0.370 e. The van der Waals surface area contributed by atoms with Crippen molar-refractivity contribution < 1.29 is 0 Å². The molecule has 0 fully saturated rings. The number of aryl methyl sites for hydroxylation is 2. The second kappa shape index (κ2) is 8.79. The third kappa shape index (κ3) is 6.06. The maximum absolute atomic E-state index is 5.96. The van der Waals surface area contributed by atoms with E-state index in [1.165, 1.54) is 11.1 Å². The number of nitrogens with zero attached hydrogens (tertiary/aromatic N) is 2. The van der Waals surface area contributed by atoms with Gasteiger partial charge in [0, 0.05) is 30.9 Å². The van der Waals surface area contributed by atoms with Crippen LogP contribution in [0, 0.1) is 13.8 Å². The molecule has 0 aromatic heterocycles. The SMILES string of the molecule is Cc1ccc(NC(N)=NCCCN(C(C)C)C(C)C)cc1C. The molecule has 3 N–H and O–H groups in total. The molecule has 0 amide bonds. The van der Waals surface area contributed by atoms with Crippen molar-refractivity contribution in [2.75, 3.05) is 18.4 Å². The van der Waals surface area contributed by atoms with E-state index in [1.54, 1.807) is 0 Å². The van der Waals surface area contributed by atoms with Crippen LogP contribution in [0.1, 0.15) is 45.2 Å². The molecule has 0 aliphatic carbocycles. The summed E-state index contributed by atoms with van der Waals surface area (Å²) in [5.41, 5.74) is 9.48. The zero-order valence-electron chi connectivity index (χ0n) is 15.0. The van der Waals surface area contributed by atoms with Crippen LogP contribution in [0.2, 0.25) is 0 Å². The molecule has 22 heavy (non-hydrogen) atoms. The van der Waals surface area contributed by atoms with Gasteiger partial charge in [0.25, 0.3) is 0 Å². The minimum atomic E-state index is 0.490. The van der Waals surface area contributed by atoms with Crippen LogP contribution in [-0.2, 0) is 0 Å². The second-order valence-corrected chi connectivity index (χ2v) is 6.47. The molecule has 0 saturated carbocycles. The number of nitrogens with one attached hydrogen (secondary N) is 1. The third-order valence-electron chi connectivity index (χ3n) is 3.96. The molecule has 4 heteroatoms. The monoisotopic (exact) mass is 304 g/mol. The van der Waals surface area contributed by atoms with Gasteiger partial charge in [-0.3, -0.25) is 9.89 Å². The molecule has 0 aliphatic rings. The first kappa shape index (κ1) is 18.5. The summed E-state index contributed by atoms with van der Waals surface area (Å²) in [4.78, 5) is 6.89. The molecule has 0 bridgehead atoms. The van der Waals surface area contributed by atoms with Crippen LogP contribution in [0.25, 0.3) is 0 Å². The summed E-state index contributed by atoms with van der Waals surface area (Å²) in [6.07, 6.45) is 1.02. The number of hydrogen-bond acceptors (Lipinski definition) is 2. The van der Waals surface area contributed by atoms with E-state index in [0.29, 0.717) is 18.0 Å². The van der Waals surface area contributed by atoms with Crippen LogP contribution in [0.5, 0.6) is 0 Å². The molecule has 1 aromatic carbocycles. The average Bonchev–Trinajstić information content (AvgIpc) is 2.41. The standard InChI is InChI=1S/C18H32N4/c1-13(2)22(14(3)4)11-7-10-20-18(19)21-17-9-8-15(5)16(6)12-17/h8-9,12-14H,7,10-11H2,1-6H3,(H3,19,20,21). The summed E-state index contributed by atoms with van der Waals surface area (Å²) >= 11 is 0. The van der Waals surface area contributed by atoms with Crippen molar-refractivity contribution in [1.82, 2.24) is 4.90 Å². The van der Waals surface area contributed by atoms with Crippen LogP contribution in [-0.4, -0.2) is 36.0 Å². The van der Waals surface area contributed by atoms with Gasteiger partial charge in [0.05, 0.1) is 0 Å². The number of rotatable bonds is 7. The Hall–Kier alpha value is -1.55. The fourth-order valence-electron chi connectivity index (χ4n) is 2.57. The highest BCUT2D eigenvalue weighted by molar-refractivity contribution is 5.92. The summed E-state index contributed by atoms with van der Waals surface area (Å²) in [7, 11) is 0. The highest BCUT2D eigenvalue weighted by Crippen LogP contribution is 2.13. The van der Waals surface area contributed by atoms with Gasteiger partial charge in [0.1, 0.15) is 0 Å². The van der Waals surface area contributed by atoms with Crippen molar-refractivity contribution in [3.8, 4) is 0 Å². The van der Waals surface area contributed by atoms with E-state index >= 15 is 0 Å². The molecule has 0 radical (unpaired) electrons. The van der Waals surface area contributed by atoms with Gasteiger partial charge < -0.3 is 11.1 Å². The molecule has 0 spiro atoms. The van der Waals surface area contributed by atoms with Gasteiger partial charge >= 0.3 is 0 Å². The second-order valence-electron chi connectivity index (χ2n) is 6.47. The van der Waals surface area contributed by atoms with E-state index in [1.807, 2.05) is 6.07 Å². The normalized spacial score (nSPS) is 12.5. The van der Waals surface area contributed by atoms with Crippen LogP contribution < -0.4 is 11.1 Å². The third-order valence-corrected chi connectivity index (χ3v) is 3.96. The number of guanidine groups is 1. The Bertz CT molecular complexity index is 484. The molecule has 1 aromatic rings. The number of anilines is 1. The van der Waals surface area contributed by atoms with Crippen molar-refractivity contribution in [3.05, 3.63) is 29.3 Å². The van der Waals surface area contributed by atoms with E-state index in [4.69, 9.17) is 5.73 Å².